The molecular formula is C14H22ClNO. The third-order valence-electron chi connectivity index (χ3n) is 2.98. The lowest BCUT2D eigenvalue weighted by Gasteiger charge is -2.17. The van der Waals surface area contributed by atoms with E-state index >= 15 is 0 Å². The monoisotopic (exact) mass is 255 g/mol. The minimum atomic E-state index is 0.513. The van der Waals surface area contributed by atoms with Crippen molar-refractivity contribution in [3.05, 3.63) is 28.8 Å². The summed E-state index contributed by atoms with van der Waals surface area (Å²) in [6, 6.07) is 6.23. The van der Waals surface area contributed by atoms with E-state index < -0.39 is 0 Å². The predicted molar refractivity (Wildman–Crippen MR) is 74.0 cm³/mol. The van der Waals surface area contributed by atoms with Crippen molar-refractivity contribution >= 4 is 11.6 Å². The SMILES string of the molecule is Cc1ccc(Cl)cc1OCCNC(C)C(C)C. The molecule has 0 amide bonds. The van der Waals surface area contributed by atoms with Crippen LogP contribution in [-0.4, -0.2) is 19.2 Å². The highest BCUT2D eigenvalue weighted by Crippen LogP contribution is 2.22. The van der Waals surface area contributed by atoms with E-state index in [-0.39, 0.29) is 0 Å². The van der Waals surface area contributed by atoms with Gasteiger partial charge in [0.25, 0.3) is 0 Å². The molecule has 0 spiro atoms. The van der Waals surface area contributed by atoms with Crippen LogP contribution in [0.3, 0.4) is 0 Å². The zero-order valence-corrected chi connectivity index (χ0v) is 11.8. The third-order valence-corrected chi connectivity index (χ3v) is 3.21. The number of nitrogens with one attached hydrogen (secondary N) is 1. The molecule has 0 saturated carbocycles. The maximum absolute atomic E-state index is 5.93. The van der Waals surface area contributed by atoms with Gasteiger partial charge < -0.3 is 10.1 Å². The van der Waals surface area contributed by atoms with Crippen LogP contribution >= 0.6 is 11.6 Å². The second-order valence-corrected chi connectivity index (χ2v) is 5.18. The summed E-state index contributed by atoms with van der Waals surface area (Å²) in [5.74, 6) is 1.51. The van der Waals surface area contributed by atoms with Crippen LogP contribution in [0.15, 0.2) is 18.2 Å². The Morgan fingerprint density at radius 1 is 1.29 bits per heavy atom. The van der Waals surface area contributed by atoms with Crippen molar-refractivity contribution in [1.82, 2.24) is 5.32 Å². The van der Waals surface area contributed by atoms with E-state index in [0.717, 1.165) is 17.9 Å². The molecule has 2 nitrogen and oxygen atoms in total. The minimum Gasteiger partial charge on any atom is -0.492 e. The van der Waals surface area contributed by atoms with E-state index in [1.165, 1.54) is 0 Å². The largest absolute Gasteiger partial charge is 0.492 e. The number of ether oxygens (including phenoxy) is 1. The lowest BCUT2D eigenvalue weighted by atomic mass is 10.1. The van der Waals surface area contributed by atoms with Gasteiger partial charge in [-0.3, -0.25) is 0 Å². The van der Waals surface area contributed by atoms with Crippen LogP contribution in [0, 0.1) is 12.8 Å². The van der Waals surface area contributed by atoms with Crippen molar-refractivity contribution < 1.29 is 4.74 Å². The van der Waals surface area contributed by atoms with Gasteiger partial charge >= 0.3 is 0 Å². The highest BCUT2D eigenvalue weighted by Gasteiger charge is 2.05. The van der Waals surface area contributed by atoms with Crippen LogP contribution in [0.25, 0.3) is 0 Å². The fourth-order valence-electron chi connectivity index (χ4n) is 1.41. The average molecular weight is 256 g/mol. The van der Waals surface area contributed by atoms with Gasteiger partial charge in [0.2, 0.25) is 0 Å². The fraction of sp³-hybridized carbons (Fsp3) is 0.571. The zero-order chi connectivity index (χ0) is 12.8. The molecule has 0 aliphatic rings. The van der Waals surface area contributed by atoms with Gasteiger partial charge in [-0.2, -0.15) is 0 Å². The highest BCUT2D eigenvalue weighted by molar-refractivity contribution is 6.30. The Labute approximate surface area is 109 Å². The molecule has 17 heavy (non-hydrogen) atoms. The minimum absolute atomic E-state index is 0.513. The van der Waals surface area contributed by atoms with Crippen LogP contribution in [0.1, 0.15) is 26.3 Å². The molecule has 1 aromatic carbocycles. The first-order valence-corrected chi connectivity index (χ1v) is 6.51. The highest BCUT2D eigenvalue weighted by atomic mass is 35.5. The van der Waals surface area contributed by atoms with Crippen molar-refractivity contribution in [2.45, 2.75) is 33.7 Å². The topological polar surface area (TPSA) is 21.3 Å². The van der Waals surface area contributed by atoms with Crippen LogP contribution in [0.5, 0.6) is 5.75 Å². The van der Waals surface area contributed by atoms with E-state index in [0.29, 0.717) is 23.6 Å². The Hall–Kier alpha value is -0.730. The summed E-state index contributed by atoms with van der Waals surface area (Å²) < 4.78 is 5.70. The summed E-state index contributed by atoms with van der Waals surface area (Å²) in [6.07, 6.45) is 0. The summed E-state index contributed by atoms with van der Waals surface area (Å²) in [6.45, 7) is 10.1. The molecule has 0 bridgehead atoms. The molecular weight excluding hydrogens is 234 g/mol. The summed E-state index contributed by atoms with van der Waals surface area (Å²) in [5, 5.41) is 4.15. The van der Waals surface area contributed by atoms with Gasteiger partial charge in [-0.25, -0.2) is 0 Å². The Kier molecular flexibility index (Phi) is 5.79. The first kappa shape index (κ1) is 14.3. The number of hydrogen-bond acceptors (Lipinski definition) is 2. The summed E-state index contributed by atoms with van der Waals surface area (Å²) in [4.78, 5) is 0. The van der Waals surface area contributed by atoms with Gasteiger partial charge in [-0.15, -0.1) is 0 Å². The maximum atomic E-state index is 5.93. The average Bonchev–Trinajstić information content (AvgIpc) is 2.28. The summed E-state index contributed by atoms with van der Waals surface area (Å²) in [5.41, 5.74) is 1.12. The second-order valence-electron chi connectivity index (χ2n) is 4.75. The number of rotatable bonds is 6. The molecule has 1 aromatic rings. The van der Waals surface area contributed by atoms with Gasteiger partial charge in [-0.1, -0.05) is 31.5 Å². The Bertz CT molecular complexity index is 352. The fourth-order valence-corrected chi connectivity index (χ4v) is 1.57. The van der Waals surface area contributed by atoms with E-state index in [2.05, 4.69) is 26.1 Å². The van der Waals surface area contributed by atoms with E-state index in [9.17, 15) is 0 Å². The van der Waals surface area contributed by atoms with E-state index in [1.54, 1.807) is 0 Å². The summed E-state index contributed by atoms with van der Waals surface area (Å²) in [7, 11) is 0. The Morgan fingerprint density at radius 2 is 2.00 bits per heavy atom. The normalized spacial score (nSPS) is 12.8. The van der Waals surface area contributed by atoms with Crippen molar-refractivity contribution in [1.29, 1.82) is 0 Å². The number of hydrogen-bond donors (Lipinski definition) is 1. The maximum Gasteiger partial charge on any atom is 0.123 e. The lowest BCUT2D eigenvalue weighted by molar-refractivity contribution is 0.295. The first-order valence-electron chi connectivity index (χ1n) is 6.13. The standard InChI is InChI=1S/C14H22ClNO/c1-10(2)12(4)16-7-8-17-14-9-13(15)6-5-11(14)3/h5-6,9-10,12,16H,7-8H2,1-4H3. The van der Waals surface area contributed by atoms with Crippen LogP contribution in [-0.2, 0) is 0 Å². The Balaban J connectivity index is 2.33. The number of halogens is 1. The van der Waals surface area contributed by atoms with Crippen molar-refractivity contribution in [3.8, 4) is 5.75 Å². The van der Waals surface area contributed by atoms with Crippen LogP contribution in [0.2, 0.25) is 5.02 Å². The molecule has 1 N–H and O–H groups in total. The lowest BCUT2D eigenvalue weighted by Crippen LogP contribution is -2.33. The second kappa shape index (κ2) is 6.87. The molecule has 1 unspecified atom stereocenters. The van der Waals surface area contributed by atoms with E-state index in [4.69, 9.17) is 16.3 Å². The van der Waals surface area contributed by atoms with Gasteiger partial charge in [0.05, 0.1) is 0 Å². The van der Waals surface area contributed by atoms with Gasteiger partial charge in [0.1, 0.15) is 12.4 Å². The zero-order valence-electron chi connectivity index (χ0n) is 11.1. The van der Waals surface area contributed by atoms with Crippen LogP contribution in [0.4, 0.5) is 0 Å². The molecule has 0 aliphatic heterocycles. The molecule has 1 atom stereocenters. The van der Waals surface area contributed by atoms with Crippen molar-refractivity contribution in [3.63, 3.8) is 0 Å². The van der Waals surface area contributed by atoms with E-state index in [1.807, 2.05) is 25.1 Å². The molecule has 0 fully saturated rings. The molecule has 0 saturated heterocycles. The van der Waals surface area contributed by atoms with Crippen LogP contribution < -0.4 is 10.1 Å². The molecule has 0 radical (unpaired) electrons. The van der Waals surface area contributed by atoms with Gasteiger partial charge in [0.15, 0.2) is 0 Å². The predicted octanol–water partition coefficient (Wildman–Crippen LogP) is 3.66. The summed E-state index contributed by atoms with van der Waals surface area (Å²) >= 11 is 5.93. The molecule has 0 aromatic heterocycles. The molecule has 96 valence electrons. The van der Waals surface area contributed by atoms with Crippen molar-refractivity contribution in [2.75, 3.05) is 13.2 Å². The van der Waals surface area contributed by atoms with Crippen molar-refractivity contribution in [2.24, 2.45) is 5.92 Å². The molecule has 0 aliphatic carbocycles. The van der Waals surface area contributed by atoms with Gasteiger partial charge in [-0.05, 0) is 37.5 Å². The third kappa shape index (κ3) is 4.97. The smallest absolute Gasteiger partial charge is 0.123 e. The Morgan fingerprint density at radius 3 is 2.65 bits per heavy atom. The molecule has 1 rings (SSSR count). The molecule has 0 heterocycles. The molecule has 3 heteroatoms. The first-order chi connectivity index (χ1) is 8.00. The quantitative estimate of drug-likeness (QED) is 0.784. The number of aryl methyl sites for hydroxylation is 1. The van der Waals surface area contributed by atoms with Gasteiger partial charge in [0, 0.05) is 17.6 Å². The number of benzene rings is 1.